The molecule has 6 heteroatoms. The van der Waals surface area contributed by atoms with Gasteiger partial charge in [0.25, 0.3) is 5.56 Å². The lowest BCUT2D eigenvalue weighted by molar-refractivity contribution is 0.261. The Labute approximate surface area is 108 Å². The van der Waals surface area contributed by atoms with Gasteiger partial charge in [-0.05, 0) is 34.7 Å². The lowest BCUT2D eigenvalue weighted by Gasteiger charge is -2.25. The van der Waals surface area contributed by atoms with Gasteiger partial charge < -0.3 is 10.4 Å². The third kappa shape index (κ3) is 2.87. The lowest BCUT2D eigenvalue weighted by atomic mass is 9.85. The highest BCUT2D eigenvalue weighted by Crippen LogP contribution is 2.27. The first-order valence-corrected chi connectivity index (χ1v) is 6.62. The molecule has 0 aromatic carbocycles. The Morgan fingerprint density at radius 2 is 2.35 bits per heavy atom. The molecule has 0 unspecified atom stereocenters. The third-order valence-corrected chi connectivity index (χ3v) is 3.67. The van der Waals surface area contributed by atoms with Crippen LogP contribution in [-0.4, -0.2) is 28.0 Å². The quantitative estimate of drug-likeness (QED) is 0.858. The molecule has 1 heterocycles. The molecule has 1 aliphatic carbocycles. The zero-order valence-corrected chi connectivity index (χ0v) is 11.1. The second-order valence-electron chi connectivity index (χ2n) is 4.30. The second kappa shape index (κ2) is 5.64. The summed E-state index contributed by atoms with van der Waals surface area (Å²) in [4.78, 5) is 12.1. The van der Waals surface area contributed by atoms with Gasteiger partial charge in [-0.15, -0.1) is 0 Å². The molecule has 0 bridgehead atoms. The number of halogens is 1. The molecule has 0 atom stereocenters. The van der Waals surface area contributed by atoms with Crippen LogP contribution in [0.3, 0.4) is 0 Å². The maximum Gasteiger partial charge on any atom is 0.291 e. The van der Waals surface area contributed by atoms with Crippen LogP contribution in [0.4, 0.5) is 5.69 Å². The minimum Gasteiger partial charge on any atom is -0.395 e. The Hall–Kier alpha value is -0.880. The van der Waals surface area contributed by atoms with Crippen molar-refractivity contribution in [2.45, 2.75) is 25.8 Å². The van der Waals surface area contributed by atoms with E-state index in [-0.39, 0.29) is 12.2 Å². The fraction of sp³-hybridized carbons (Fsp3) is 0.636. The van der Waals surface area contributed by atoms with Crippen molar-refractivity contribution in [2.24, 2.45) is 5.92 Å². The van der Waals surface area contributed by atoms with Crippen LogP contribution >= 0.6 is 15.9 Å². The fourth-order valence-electron chi connectivity index (χ4n) is 1.86. The van der Waals surface area contributed by atoms with Crippen molar-refractivity contribution >= 4 is 21.6 Å². The van der Waals surface area contributed by atoms with Crippen LogP contribution in [-0.2, 0) is 6.54 Å². The van der Waals surface area contributed by atoms with Gasteiger partial charge in [-0.2, -0.15) is 5.10 Å². The fourth-order valence-corrected chi connectivity index (χ4v) is 2.26. The number of hydrogen-bond acceptors (Lipinski definition) is 4. The number of aromatic nitrogens is 2. The van der Waals surface area contributed by atoms with E-state index in [0.717, 1.165) is 0 Å². The third-order valence-electron chi connectivity index (χ3n) is 3.07. The molecular weight excluding hydrogens is 286 g/mol. The van der Waals surface area contributed by atoms with Crippen LogP contribution in [0, 0.1) is 5.92 Å². The molecule has 0 aliphatic heterocycles. The first-order valence-electron chi connectivity index (χ1n) is 5.82. The minimum atomic E-state index is -0.125. The first kappa shape index (κ1) is 12.6. The van der Waals surface area contributed by atoms with Gasteiger partial charge in [0.2, 0.25) is 0 Å². The average molecular weight is 302 g/mol. The summed E-state index contributed by atoms with van der Waals surface area (Å²) in [5.74, 6) is 0.590. The molecule has 1 saturated carbocycles. The van der Waals surface area contributed by atoms with E-state index in [4.69, 9.17) is 5.11 Å². The normalized spacial score (nSPS) is 15.6. The summed E-state index contributed by atoms with van der Waals surface area (Å²) in [5.41, 5.74) is 0.355. The summed E-state index contributed by atoms with van der Waals surface area (Å²) < 4.78 is 2.15. The highest BCUT2D eigenvalue weighted by atomic mass is 79.9. The summed E-state index contributed by atoms with van der Waals surface area (Å²) in [5, 5.41) is 15.8. The van der Waals surface area contributed by atoms with Crippen molar-refractivity contribution in [3.8, 4) is 0 Å². The van der Waals surface area contributed by atoms with Gasteiger partial charge in [-0.1, -0.05) is 6.42 Å². The number of hydrogen-bond donors (Lipinski definition) is 2. The van der Waals surface area contributed by atoms with E-state index < -0.39 is 0 Å². The summed E-state index contributed by atoms with van der Waals surface area (Å²) >= 11 is 3.29. The molecule has 2 N–H and O–H groups in total. The van der Waals surface area contributed by atoms with E-state index >= 15 is 0 Å². The van der Waals surface area contributed by atoms with E-state index in [1.165, 1.54) is 23.9 Å². The van der Waals surface area contributed by atoms with Gasteiger partial charge in [0.1, 0.15) is 5.69 Å². The van der Waals surface area contributed by atoms with Crippen LogP contribution in [0.25, 0.3) is 0 Å². The number of nitrogens with one attached hydrogen (secondary N) is 1. The first-order chi connectivity index (χ1) is 8.22. The predicted octanol–water partition coefficient (Wildman–Crippen LogP) is 1.21. The molecule has 0 amide bonds. The van der Waals surface area contributed by atoms with Crippen LogP contribution in [0.5, 0.6) is 0 Å². The zero-order valence-electron chi connectivity index (χ0n) is 9.53. The predicted molar refractivity (Wildman–Crippen MR) is 69.1 cm³/mol. The van der Waals surface area contributed by atoms with Gasteiger partial charge in [0.05, 0.1) is 17.3 Å². The maximum absolute atomic E-state index is 12.1. The summed E-state index contributed by atoms with van der Waals surface area (Å²) in [7, 11) is 0. The Morgan fingerprint density at radius 1 is 1.59 bits per heavy atom. The minimum absolute atomic E-state index is 0.00315. The number of rotatable bonds is 5. The number of anilines is 1. The van der Waals surface area contributed by atoms with Crippen molar-refractivity contribution in [1.29, 1.82) is 0 Å². The van der Waals surface area contributed by atoms with Gasteiger partial charge in [0, 0.05) is 13.1 Å². The topological polar surface area (TPSA) is 67.2 Å². The zero-order chi connectivity index (χ0) is 12.3. The highest BCUT2D eigenvalue weighted by Gasteiger charge is 2.19. The molecule has 2 rings (SSSR count). The number of aliphatic hydroxyl groups excluding tert-OH is 1. The van der Waals surface area contributed by atoms with Crippen LogP contribution in [0.2, 0.25) is 0 Å². The molecule has 1 aromatic rings. The Morgan fingerprint density at radius 3 is 2.94 bits per heavy atom. The maximum atomic E-state index is 12.1. The van der Waals surface area contributed by atoms with Crippen LogP contribution in [0.1, 0.15) is 19.3 Å². The molecule has 94 valence electrons. The standard InChI is InChI=1S/C11H16BrN3O2/c12-9-6-14-15(7-8-2-1-3-8)11(17)10(9)13-4-5-16/h6,8,13,16H,1-5,7H2. The van der Waals surface area contributed by atoms with Crippen molar-refractivity contribution in [1.82, 2.24) is 9.78 Å². The van der Waals surface area contributed by atoms with Crippen LogP contribution in [0.15, 0.2) is 15.5 Å². The Balaban J connectivity index is 2.18. The monoisotopic (exact) mass is 301 g/mol. The van der Waals surface area contributed by atoms with Crippen molar-refractivity contribution in [3.05, 3.63) is 21.0 Å². The Bertz CT molecular complexity index is 443. The van der Waals surface area contributed by atoms with Gasteiger partial charge >= 0.3 is 0 Å². The van der Waals surface area contributed by atoms with E-state index in [2.05, 4.69) is 26.3 Å². The molecule has 5 nitrogen and oxygen atoms in total. The molecule has 17 heavy (non-hydrogen) atoms. The Kier molecular flexibility index (Phi) is 4.17. The van der Waals surface area contributed by atoms with Crippen molar-refractivity contribution in [3.63, 3.8) is 0 Å². The van der Waals surface area contributed by atoms with E-state index in [0.29, 0.717) is 29.2 Å². The van der Waals surface area contributed by atoms with E-state index in [9.17, 15) is 4.79 Å². The number of nitrogens with zero attached hydrogens (tertiary/aromatic N) is 2. The van der Waals surface area contributed by atoms with Gasteiger partial charge in [-0.3, -0.25) is 4.79 Å². The smallest absolute Gasteiger partial charge is 0.291 e. The largest absolute Gasteiger partial charge is 0.395 e. The summed E-state index contributed by atoms with van der Waals surface area (Å²) in [6.07, 6.45) is 5.25. The van der Waals surface area contributed by atoms with Crippen molar-refractivity contribution in [2.75, 3.05) is 18.5 Å². The van der Waals surface area contributed by atoms with E-state index in [1.807, 2.05) is 0 Å². The molecule has 1 aliphatic rings. The highest BCUT2D eigenvalue weighted by molar-refractivity contribution is 9.10. The van der Waals surface area contributed by atoms with Gasteiger partial charge in [-0.25, -0.2) is 4.68 Å². The molecule has 1 aromatic heterocycles. The SMILES string of the molecule is O=c1c(NCCO)c(Br)cnn1CC1CCC1. The second-order valence-corrected chi connectivity index (χ2v) is 5.16. The molecule has 0 spiro atoms. The van der Waals surface area contributed by atoms with Crippen LogP contribution < -0.4 is 10.9 Å². The number of aliphatic hydroxyl groups is 1. The lowest BCUT2D eigenvalue weighted by Crippen LogP contribution is -2.31. The average Bonchev–Trinajstić information content (AvgIpc) is 2.25. The molecule has 0 saturated heterocycles. The molecule has 1 fully saturated rings. The molecule has 0 radical (unpaired) electrons. The summed E-state index contributed by atoms with van der Waals surface area (Å²) in [6.45, 7) is 1.05. The van der Waals surface area contributed by atoms with E-state index in [1.54, 1.807) is 6.20 Å². The molecular formula is C11H16BrN3O2. The summed E-state index contributed by atoms with van der Waals surface area (Å²) in [6, 6.07) is 0. The van der Waals surface area contributed by atoms with Gasteiger partial charge in [0.15, 0.2) is 0 Å². The van der Waals surface area contributed by atoms with Crippen molar-refractivity contribution < 1.29 is 5.11 Å².